The maximum Gasteiger partial charge on any atom is 0.356 e. The Kier molecular flexibility index (Phi) is 6.64. The Morgan fingerprint density at radius 2 is 1.76 bits per heavy atom. The van der Waals surface area contributed by atoms with Gasteiger partial charge in [0, 0.05) is 63.6 Å². The maximum absolute atomic E-state index is 12.6. The van der Waals surface area contributed by atoms with Crippen molar-refractivity contribution in [2.24, 2.45) is 11.7 Å². The first-order valence-corrected chi connectivity index (χ1v) is 11.3. The standard InChI is InChI=1S/C23H30N6O4/c1-16-2-3-18(20(14-16)27-7-4-17(5-8-27)21(24)30)15-26-10-12-28(13-11-26)23(33)29-9-6-19(25-29)22(31)32/h2-3,6,9,14,17H,4-5,7-8,10-13,15H2,1H3,(H2,24,30)(H,31,32). The van der Waals surface area contributed by atoms with E-state index in [0.29, 0.717) is 13.1 Å². The van der Waals surface area contributed by atoms with E-state index in [9.17, 15) is 14.4 Å². The third-order valence-electron chi connectivity index (χ3n) is 6.52. The molecular weight excluding hydrogens is 424 g/mol. The van der Waals surface area contributed by atoms with Crippen LogP contribution in [0, 0.1) is 12.8 Å². The molecule has 2 amide bonds. The van der Waals surface area contributed by atoms with E-state index in [1.165, 1.54) is 29.1 Å². The molecule has 2 saturated heterocycles. The summed E-state index contributed by atoms with van der Waals surface area (Å²) in [5.41, 5.74) is 8.98. The molecule has 3 heterocycles. The summed E-state index contributed by atoms with van der Waals surface area (Å²) in [4.78, 5) is 41.5. The highest BCUT2D eigenvalue weighted by Gasteiger charge is 2.27. The van der Waals surface area contributed by atoms with Gasteiger partial charge in [0.05, 0.1) is 0 Å². The SMILES string of the molecule is Cc1ccc(CN2CCN(C(=O)n3ccc(C(=O)O)n3)CC2)c(N2CCC(C(N)=O)CC2)c1. The molecule has 0 aliphatic carbocycles. The minimum absolute atomic E-state index is 0.0403. The summed E-state index contributed by atoms with van der Waals surface area (Å²) in [5, 5.41) is 12.8. The molecule has 2 aromatic rings. The number of piperidine rings is 1. The number of piperazine rings is 1. The number of anilines is 1. The third kappa shape index (κ3) is 5.16. The summed E-state index contributed by atoms with van der Waals surface area (Å²) < 4.78 is 1.09. The van der Waals surface area contributed by atoms with Gasteiger partial charge in [-0.25, -0.2) is 9.59 Å². The van der Waals surface area contributed by atoms with E-state index in [4.69, 9.17) is 10.8 Å². The lowest BCUT2D eigenvalue weighted by Crippen LogP contribution is -2.49. The number of hydrogen-bond acceptors (Lipinski definition) is 6. The molecule has 176 valence electrons. The number of aryl methyl sites for hydroxylation is 1. The number of nitrogens with zero attached hydrogens (tertiary/aromatic N) is 5. The fraction of sp³-hybridized carbons (Fsp3) is 0.478. The first-order chi connectivity index (χ1) is 15.8. The number of carbonyl (C=O) groups is 3. The van der Waals surface area contributed by atoms with Crippen molar-refractivity contribution in [2.45, 2.75) is 26.3 Å². The summed E-state index contributed by atoms with van der Waals surface area (Å²) >= 11 is 0. The number of aromatic nitrogens is 2. The van der Waals surface area contributed by atoms with E-state index in [0.717, 1.165) is 50.2 Å². The number of benzene rings is 1. The maximum atomic E-state index is 12.6. The molecule has 0 bridgehead atoms. The molecule has 0 unspecified atom stereocenters. The van der Waals surface area contributed by atoms with Gasteiger partial charge < -0.3 is 20.6 Å². The quantitative estimate of drug-likeness (QED) is 0.699. The van der Waals surface area contributed by atoms with Crippen LogP contribution < -0.4 is 10.6 Å². The zero-order chi connectivity index (χ0) is 23.5. The lowest BCUT2D eigenvalue weighted by Gasteiger charge is -2.37. The van der Waals surface area contributed by atoms with Crippen LogP contribution in [0.2, 0.25) is 0 Å². The highest BCUT2D eigenvalue weighted by Crippen LogP contribution is 2.28. The molecule has 0 atom stereocenters. The average Bonchev–Trinajstić information content (AvgIpc) is 3.31. The van der Waals surface area contributed by atoms with Gasteiger partial charge in [0.15, 0.2) is 5.69 Å². The monoisotopic (exact) mass is 454 g/mol. The van der Waals surface area contributed by atoms with E-state index in [-0.39, 0.29) is 23.6 Å². The van der Waals surface area contributed by atoms with Crippen LogP contribution in [-0.2, 0) is 11.3 Å². The number of carbonyl (C=O) groups excluding carboxylic acids is 2. The predicted molar refractivity (Wildman–Crippen MR) is 122 cm³/mol. The molecule has 0 spiro atoms. The molecule has 1 aromatic carbocycles. The predicted octanol–water partition coefficient (Wildman–Crippen LogP) is 1.38. The van der Waals surface area contributed by atoms with Crippen molar-refractivity contribution < 1.29 is 19.5 Å². The number of amides is 2. The average molecular weight is 455 g/mol. The second-order valence-corrected chi connectivity index (χ2v) is 8.79. The van der Waals surface area contributed by atoms with Gasteiger partial charge in [0.1, 0.15) is 0 Å². The number of nitrogens with two attached hydrogens (primary N) is 1. The van der Waals surface area contributed by atoms with Gasteiger partial charge in [-0.3, -0.25) is 9.69 Å². The van der Waals surface area contributed by atoms with Crippen molar-refractivity contribution in [1.29, 1.82) is 0 Å². The lowest BCUT2D eigenvalue weighted by atomic mass is 9.95. The Morgan fingerprint density at radius 1 is 1.06 bits per heavy atom. The van der Waals surface area contributed by atoms with Gasteiger partial charge in [0.25, 0.3) is 0 Å². The van der Waals surface area contributed by atoms with Gasteiger partial charge >= 0.3 is 12.0 Å². The van der Waals surface area contributed by atoms with Gasteiger partial charge in [-0.2, -0.15) is 9.78 Å². The van der Waals surface area contributed by atoms with Crippen molar-refractivity contribution in [1.82, 2.24) is 19.6 Å². The van der Waals surface area contributed by atoms with E-state index in [2.05, 4.69) is 40.0 Å². The molecule has 2 aliphatic heterocycles. The molecule has 10 heteroatoms. The van der Waals surface area contributed by atoms with Crippen LogP contribution in [0.5, 0.6) is 0 Å². The van der Waals surface area contributed by atoms with Gasteiger partial charge in [0.2, 0.25) is 5.91 Å². The number of hydrogen-bond donors (Lipinski definition) is 2. The molecule has 10 nitrogen and oxygen atoms in total. The Morgan fingerprint density at radius 3 is 2.36 bits per heavy atom. The Hall–Kier alpha value is -3.40. The first kappa shape index (κ1) is 22.8. The minimum atomic E-state index is -1.15. The normalized spacial score (nSPS) is 17.8. The van der Waals surface area contributed by atoms with E-state index < -0.39 is 5.97 Å². The number of carboxylic acid groups (broad SMARTS) is 1. The number of rotatable bonds is 5. The second-order valence-electron chi connectivity index (χ2n) is 8.79. The Bertz CT molecular complexity index is 1040. The molecule has 2 fully saturated rings. The largest absolute Gasteiger partial charge is 0.476 e. The van der Waals surface area contributed by atoms with Crippen molar-refractivity contribution >= 4 is 23.6 Å². The molecule has 3 N–H and O–H groups in total. The Balaban J connectivity index is 1.37. The molecule has 4 rings (SSSR count). The van der Waals surface area contributed by atoms with Gasteiger partial charge in [-0.05, 0) is 43.0 Å². The molecule has 0 radical (unpaired) electrons. The number of carboxylic acids is 1. The Labute approximate surface area is 192 Å². The zero-order valence-electron chi connectivity index (χ0n) is 18.8. The summed E-state index contributed by atoms with van der Waals surface area (Å²) in [6.07, 6.45) is 2.94. The van der Waals surface area contributed by atoms with Crippen LogP contribution in [0.4, 0.5) is 10.5 Å². The fourth-order valence-electron chi connectivity index (χ4n) is 4.53. The zero-order valence-corrected chi connectivity index (χ0v) is 18.8. The first-order valence-electron chi connectivity index (χ1n) is 11.3. The van der Waals surface area contributed by atoms with Crippen molar-refractivity contribution in [2.75, 3.05) is 44.2 Å². The van der Waals surface area contributed by atoms with Crippen LogP contribution >= 0.6 is 0 Å². The summed E-state index contributed by atoms with van der Waals surface area (Å²) in [6, 6.07) is 7.50. The molecule has 1 aromatic heterocycles. The van der Waals surface area contributed by atoms with Crippen molar-refractivity contribution in [3.8, 4) is 0 Å². The third-order valence-corrected chi connectivity index (χ3v) is 6.52. The van der Waals surface area contributed by atoms with E-state index in [1.54, 1.807) is 4.90 Å². The fourth-order valence-corrected chi connectivity index (χ4v) is 4.53. The van der Waals surface area contributed by atoms with E-state index in [1.807, 2.05) is 0 Å². The molecular formula is C23H30N6O4. The van der Waals surface area contributed by atoms with Crippen LogP contribution in [-0.4, -0.2) is 81.9 Å². The minimum Gasteiger partial charge on any atom is -0.476 e. The molecule has 2 aliphatic rings. The molecule has 0 saturated carbocycles. The van der Waals surface area contributed by atoms with Crippen molar-refractivity contribution in [3.63, 3.8) is 0 Å². The van der Waals surface area contributed by atoms with Crippen LogP contribution in [0.1, 0.15) is 34.5 Å². The smallest absolute Gasteiger partial charge is 0.356 e. The van der Waals surface area contributed by atoms with Crippen LogP contribution in [0.15, 0.2) is 30.5 Å². The summed E-state index contributed by atoms with van der Waals surface area (Å²) in [7, 11) is 0. The molecule has 33 heavy (non-hydrogen) atoms. The van der Waals surface area contributed by atoms with Gasteiger partial charge in [-0.15, -0.1) is 0 Å². The highest BCUT2D eigenvalue weighted by molar-refractivity contribution is 5.86. The van der Waals surface area contributed by atoms with Gasteiger partial charge in [-0.1, -0.05) is 12.1 Å². The summed E-state index contributed by atoms with van der Waals surface area (Å²) in [6.45, 7) is 7.02. The topological polar surface area (TPSA) is 125 Å². The van der Waals surface area contributed by atoms with E-state index >= 15 is 0 Å². The van der Waals surface area contributed by atoms with Crippen molar-refractivity contribution in [3.05, 3.63) is 47.3 Å². The highest BCUT2D eigenvalue weighted by atomic mass is 16.4. The number of aromatic carboxylic acids is 1. The summed E-state index contributed by atoms with van der Waals surface area (Å²) in [5.74, 6) is -1.40. The van der Waals surface area contributed by atoms with Crippen LogP contribution in [0.3, 0.4) is 0 Å². The second kappa shape index (κ2) is 9.62. The van der Waals surface area contributed by atoms with Crippen LogP contribution in [0.25, 0.3) is 0 Å². The number of primary amides is 1. The lowest BCUT2D eigenvalue weighted by molar-refractivity contribution is -0.122.